The number of carbonyl (C=O) groups excluding carboxylic acids is 1. The average molecular weight is 295 g/mol. The third-order valence-electron chi connectivity index (χ3n) is 3.81. The highest BCUT2D eigenvalue weighted by Crippen LogP contribution is 2.25. The van der Waals surface area contributed by atoms with Crippen molar-refractivity contribution in [2.75, 3.05) is 18.8 Å². The summed E-state index contributed by atoms with van der Waals surface area (Å²) in [6, 6.07) is 0.423. The molecule has 6 nitrogen and oxygen atoms in total. The van der Waals surface area contributed by atoms with Gasteiger partial charge in [0.05, 0.1) is 5.75 Å². The molecule has 1 amide bonds. The summed E-state index contributed by atoms with van der Waals surface area (Å²) in [4.78, 5) is 11.7. The van der Waals surface area contributed by atoms with Gasteiger partial charge in [-0.3, -0.25) is 4.79 Å². The number of rotatable bonds is 5. The normalized spacial score (nSPS) is 22.8. The van der Waals surface area contributed by atoms with Gasteiger partial charge >= 0.3 is 0 Å². The van der Waals surface area contributed by atoms with E-state index in [1.54, 1.807) is 0 Å². The fraction of sp³-hybridized carbons (Fsp3) is 0.769. The lowest BCUT2D eigenvalue weighted by Gasteiger charge is -2.21. The lowest BCUT2D eigenvalue weighted by molar-refractivity contribution is -0.118. The van der Waals surface area contributed by atoms with E-state index in [0.29, 0.717) is 17.7 Å². The second kappa shape index (κ2) is 6.13. The van der Waals surface area contributed by atoms with Crippen LogP contribution in [0.15, 0.2) is 5.16 Å². The number of hydrogen-bond acceptors (Lipinski definition) is 5. The fourth-order valence-corrected chi connectivity index (χ4v) is 3.24. The van der Waals surface area contributed by atoms with Gasteiger partial charge in [-0.2, -0.15) is 0 Å². The van der Waals surface area contributed by atoms with Crippen LogP contribution in [-0.2, 0) is 11.8 Å². The predicted octanol–water partition coefficient (Wildman–Crippen LogP) is 0.653. The third-order valence-corrected chi connectivity index (χ3v) is 4.83. The molecule has 2 heterocycles. The van der Waals surface area contributed by atoms with Crippen LogP contribution in [0.5, 0.6) is 0 Å². The Morgan fingerprint density at radius 2 is 2.30 bits per heavy atom. The summed E-state index contributed by atoms with van der Waals surface area (Å²) in [6.45, 7) is 2.07. The van der Waals surface area contributed by atoms with Gasteiger partial charge in [-0.1, -0.05) is 11.8 Å². The molecular formula is C13H21N5OS. The van der Waals surface area contributed by atoms with Crippen molar-refractivity contribution in [3.63, 3.8) is 0 Å². The second-order valence-electron chi connectivity index (χ2n) is 5.57. The highest BCUT2D eigenvalue weighted by atomic mass is 32.2. The van der Waals surface area contributed by atoms with Crippen molar-refractivity contribution in [1.29, 1.82) is 0 Å². The van der Waals surface area contributed by atoms with Gasteiger partial charge in [-0.25, -0.2) is 0 Å². The molecule has 110 valence electrons. The Morgan fingerprint density at radius 1 is 1.45 bits per heavy atom. The van der Waals surface area contributed by atoms with E-state index >= 15 is 0 Å². The lowest BCUT2D eigenvalue weighted by atomic mass is 9.99. The van der Waals surface area contributed by atoms with Crippen LogP contribution in [-0.4, -0.2) is 45.6 Å². The largest absolute Gasteiger partial charge is 0.353 e. The molecule has 20 heavy (non-hydrogen) atoms. The Kier molecular flexibility index (Phi) is 4.26. The minimum absolute atomic E-state index is 0.0985. The summed E-state index contributed by atoms with van der Waals surface area (Å²) < 4.78 is 2.03. The van der Waals surface area contributed by atoms with Crippen molar-refractivity contribution < 1.29 is 4.79 Å². The molecule has 2 fully saturated rings. The smallest absolute Gasteiger partial charge is 0.230 e. The maximum atomic E-state index is 11.7. The van der Waals surface area contributed by atoms with Crippen LogP contribution in [0, 0.1) is 0 Å². The van der Waals surface area contributed by atoms with Gasteiger partial charge in [-0.15, -0.1) is 10.2 Å². The molecule has 0 bridgehead atoms. The minimum Gasteiger partial charge on any atom is -0.353 e. The maximum absolute atomic E-state index is 11.7. The number of nitrogens with zero attached hydrogens (tertiary/aromatic N) is 3. The van der Waals surface area contributed by atoms with Gasteiger partial charge in [0.2, 0.25) is 5.91 Å². The SMILES string of the molecule is Cn1c(SCC(=O)NC2CC2)nnc1C1CCCNC1. The van der Waals surface area contributed by atoms with Crippen molar-refractivity contribution in [3.8, 4) is 0 Å². The average Bonchev–Trinajstić information content (AvgIpc) is 3.19. The molecule has 0 spiro atoms. The molecule has 1 aliphatic heterocycles. The van der Waals surface area contributed by atoms with Gasteiger partial charge in [0.1, 0.15) is 5.82 Å². The number of piperidine rings is 1. The van der Waals surface area contributed by atoms with Crippen molar-refractivity contribution in [2.24, 2.45) is 7.05 Å². The Hall–Kier alpha value is -1.08. The van der Waals surface area contributed by atoms with E-state index in [9.17, 15) is 4.79 Å². The summed E-state index contributed by atoms with van der Waals surface area (Å²) >= 11 is 1.47. The molecule has 1 unspecified atom stereocenters. The van der Waals surface area contributed by atoms with Crippen LogP contribution in [0.2, 0.25) is 0 Å². The summed E-state index contributed by atoms with van der Waals surface area (Å²) in [5.74, 6) is 1.99. The van der Waals surface area contributed by atoms with Crippen molar-refractivity contribution >= 4 is 17.7 Å². The molecule has 0 aromatic carbocycles. The van der Waals surface area contributed by atoms with Crippen LogP contribution in [0.25, 0.3) is 0 Å². The van der Waals surface area contributed by atoms with E-state index in [1.165, 1.54) is 18.2 Å². The maximum Gasteiger partial charge on any atom is 0.230 e. The zero-order valence-electron chi connectivity index (χ0n) is 11.8. The summed E-state index contributed by atoms with van der Waals surface area (Å²) in [6.07, 6.45) is 4.59. The van der Waals surface area contributed by atoms with Crippen LogP contribution in [0.3, 0.4) is 0 Å². The Bertz CT molecular complexity index is 479. The Labute approximate surface area is 123 Å². The number of nitrogens with one attached hydrogen (secondary N) is 2. The van der Waals surface area contributed by atoms with E-state index in [-0.39, 0.29) is 5.91 Å². The van der Waals surface area contributed by atoms with Gasteiger partial charge in [-0.05, 0) is 32.2 Å². The number of thioether (sulfide) groups is 1. The van der Waals surface area contributed by atoms with E-state index in [2.05, 4.69) is 20.8 Å². The Balaban J connectivity index is 1.56. The number of carbonyl (C=O) groups is 1. The molecule has 2 aliphatic rings. The topological polar surface area (TPSA) is 71.8 Å². The highest BCUT2D eigenvalue weighted by Gasteiger charge is 2.24. The highest BCUT2D eigenvalue weighted by molar-refractivity contribution is 7.99. The van der Waals surface area contributed by atoms with Crippen LogP contribution >= 0.6 is 11.8 Å². The van der Waals surface area contributed by atoms with Gasteiger partial charge < -0.3 is 15.2 Å². The zero-order chi connectivity index (χ0) is 13.9. The van der Waals surface area contributed by atoms with E-state index in [1.807, 2.05) is 11.6 Å². The van der Waals surface area contributed by atoms with Crippen molar-refractivity contribution in [3.05, 3.63) is 5.82 Å². The summed E-state index contributed by atoms with van der Waals surface area (Å²) in [5.41, 5.74) is 0. The van der Waals surface area contributed by atoms with E-state index in [0.717, 1.165) is 43.3 Å². The molecule has 2 N–H and O–H groups in total. The number of amides is 1. The second-order valence-corrected chi connectivity index (χ2v) is 6.52. The standard InChI is InChI=1S/C13H21N5OS/c1-18-12(9-3-2-6-14-7-9)16-17-13(18)20-8-11(19)15-10-4-5-10/h9-10,14H,2-8H2,1H3,(H,15,19). The first-order valence-electron chi connectivity index (χ1n) is 7.26. The molecule has 1 saturated carbocycles. The Morgan fingerprint density at radius 3 is 3.00 bits per heavy atom. The molecule has 1 aromatic rings. The third kappa shape index (κ3) is 3.32. The molecule has 1 atom stereocenters. The number of hydrogen-bond donors (Lipinski definition) is 2. The lowest BCUT2D eigenvalue weighted by Crippen LogP contribution is -2.30. The summed E-state index contributed by atoms with van der Waals surface area (Å²) in [5, 5.41) is 15.8. The molecule has 1 aromatic heterocycles. The predicted molar refractivity (Wildman–Crippen MR) is 77.7 cm³/mol. The molecule has 3 rings (SSSR count). The molecule has 1 saturated heterocycles. The minimum atomic E-state index is 0.0985. The summed E-state index contributed by atoms with van der Waals surface area (Å²) in [7, 11) is 1.99. The van der Waals surface area contributed by atoms with Crippen molar-refractivity contribution in [2.45, 2.75) is 42.8 Å². The van der Waals surface area contributed by atoms with Gasteiger partial charge in [0.15, 0.2) is 5.16 Å². The van der Waals surface area contributed by atoms with Crippen molar-refractivity contribution in [1.82, 2.24) is 25.4 Å². The van der Waals surface area contributed by atoms with Gasteiger partial charge in [0, 0.05) is 25.6 Å². The monoisotopic (exact) mass is 295 g/mol. The fourth-order valence-electron chi connectivity index (χ4n) is 2.51. The van der Waals surface area contributed by atoms with Crippen LogP contribution in [0.4, 0.5) is 0 Å². The molecule has 7 heteroatoms. The number of aromatic nitrogens is 3. The molecule has 0 radical (unpaired) electrons. The zero-order valence-corrected chi connectivity index (χ0v) is 12.6. The first kappa shape index (κ1) is 13.9. The van der Waals surface area contributed by atoms with E-state index in [4.69, 9.17) is 0 Å². The first-order chi connectivity index (χ1) is 9.74. The van der Waals surface area contributed by atoms with E-state index < -0.39 is 0 Å². The molecule has 1 aliphatic carbocycles. The van der Waals surface area contributed by atoms with Gasteiger partial charge in [0.25, 0.3) is 0 Å². The quantitative estimate of drug-likeness (QED) is 0.781. The molecular weight excluding hydrogens is 274 g/mol. The van der Waals surface area contributed by atoms with Crippen LogP contribution < -0.4 is 10.6 Å². The van der Waals surface area contributed by atoms with Crippen LogP contribution in [0.1, 0.15) is 37.4 Å². The first-order valence-corrected chi connectivity index (χ1v) is 8.25.